The molecule has 2 atom stereocenters. The molecule has 3 fully saturated rings. The molecule has 1 amide bonds. The van der Waals surface area contributed by atoms with Crippen LogP contribution in [0.15, 0.2) is 30.5 Å². The monoisotopic (exact) mass is 573 g/mol. The van der Waals surface area contributed by atoms with Gasteiger partial charge in [-0.2, -0.15) is 31.4 Å². The number of rotatable bonds is 6. The van der Waals surface area contributed by atoms with Crippen LogP contribution in [-0.2, 0) is 17.8 Å². The third kappa shape index (κ3) is 6.03. The van der Waals surface area contributed by atoms with Gasteiger partial charge in [-0.25, -0.2) is 4.79 Å². The number of benzene rings is 1. The number of nitrogens with zero attached hydrogens (tertiary/aromatic N) is 5. The second kappa shape index (κ2) is 11.1. The maximum Gasteiger partial charge on any atom is 0.434 e. The van der Waals surface area contributed by atoms with Crippen LogP contribution in [0.2, 0.25) is 0 Å². The number of ether oxygens (including phenoxy) is 1. The van der Waals surface area contributed by atoms with Crippen molar-refractivity contribution >= 4 is 11.8 Å². The van der Waals surface area contributed by atoms with Crippen molar-refractivity contribution in [2.45, 2.75) is 57.7 Å². The molecule has 0 radical (unpaired) electrons. The molecule has 3 aliphatic heterocycles. The van der Waals surface area contributed by atoms with Crippen molar-refractivity contribution in [3.63, 3.8) is 0 Å². The molecular weight excluding hydrogens is 540 g/mol. The van der Waals surface area contributed by atoms with E-state index >= 15 is 0 Å². The Kier molecular flexibility index (Phi) is 7.95. The smallest absolute Gasteiger partial charge is 0.426 e. The van der Waals surface area contributed by atoms with Crippen LogP contribution in [0.5, 0.6) is 0 Å². The number of hydrogen-bond donors (Lipinski definition) is 0. The van der Waals surface area contributed by atoms with Crippen LogP contribution in [-0.4, -0.2) is 83.4 Å². The van der Waals surface area contributed by atoms with E-state index in [1.54, 1.807) is 0 Å². The first-order valence-electron chi connectivity index (χ1n) is 13.7. The number of anilines is 1. The predicted molar refractivity (Wildman–Crippen MR) is 136 cm³/mol. The highest BCUT2D eigenvalue weighted by molar-refractivity contribution is 5.78. The number of likely N-dealkylation sites (tertiary alicyclic amines) is 2. The Morgan fingerprint density at radius 1 is 0.975 bits per heavy atom. The first-order chi connectivity index (χ1) is 18.9. The van der Waals surface area contributed by atoms with E-state index in [0.717, 1.165) is 53.3 Å². The minimum Gasteiger partial charge on any atom is -0.426 e. The van der Waals surface area contributed by atoms with Gasteiger partial charge in [-0.1, -0.05) is 18.2 Å². The van der Waals surface area contributed by atoms with E-state index in [1.807, 2.05) is 29.9 Å². The van der Waals surface area contributed by atoms with E-state index in [4.69, 9.17) is 5.10 Å². The number of carbonyl (C=O) groups is 1. The molecule has 0 aliphatic carbocycles. The van der Waals surface area contributed by atoms with Crippen LogP contribution in [0.3, 0.4) is 0 Å². The number of piperidine rings is 1. The van der Waals surface area contributed by atoms with Gasteiger partial charge in [-0.15, -0.1) is 0 Å². The lowest BCUT2D eigenvalue weighted by Gasteiger charge is -2.30. The number of aryl methyl sites for hydroxylation is 1. The Balaban J connectivity index is 1.26. The normalized spacial score (nSPS) is 22.3. The summed E-state index contributed by atoms with van der Waals surface area (Å²) in [7, 11) is 0. The van der Waals surface area contributed by atoms with Crippen molar-refractivity contribution in [3.05, 3.63) is 36.0 Å². The van der Waals surface area contributed by atoms with Crippen molar-refractivity contribution in [1.29, 1.82) is 0 Å². The van der Waals surface area contributed by atoms with Crippen LogP contribution in [0.4, 0.5) is 36.8 Å². The molecule has 1 aromatic carbocycles. The van der Waals surface area contributed by atoms with Gasteiger partial charge >= 0.3 is 18.4 Å². The van der Waals surface area contributed by atoms with Crippen LogP contribution in [0, 0.1) is 11.8 Å². The number of aromatic nitrogens is 2. The number of fused-ring (bicyclic) bond motifs is 1. The fraction of sp³-hybridized carbons (Fsp3) is 0.630. The molecule has 3 aliphatic rings. The van der Waals surface area contributed by atoms with E-state index in [2.05, 4.69) is 26.7 Å². The molecule has 0 bridgehead atoms. The topological polar surface area (TPSA) is 53.8 Å². The molecule has 3 saturated heterocycles. The summed E-state index contributed by atoms with van der Waals surface area (Å²) in [6.07, 6.45) is -11.6. The third-order valence-corrected chi connectivity index (χ3v) is 8.04. The lowest BCUT2D eigenvalue weighted by molar-refractivity contribution is -0.308. The van der Waals surface area contributed by atoms with Crippen molar-refractivity contribution in [2.75, 3.05) is 44.2 Å². The molecule has 0 spiro atoms. The highest BCUT2D eigenvalue weighted by Gasteiger charge is 2.60. The van der Waals surface area contributed by atoms with Gasteiger partial charge in [0, 0.05) is 75.4 Å². The van der Waals surface area contributed by atoms with Gasteiger partial charge in [0.05, 0.1) is 5.69 Å². The molecule has 0 saturated carbocycles. The van der Waals surface area contributed by atoms with E-state index in [1.165, 1.54) is 6.42 Å². The maximum absolute atomic E-state index is 12.8. The summed E-state index contributed by atoms with van der Waals surface area (Å²) in [5, 5.41) is 4.88. The summed E-state index contributed by atoms with van der Waals surface area (Å²) in [5.74, 6) is -0.124. The molecule has 7 nitrogen and oxygen atoms in total. The average molecular weight is 574 g/mol. The number of amides is 1. The largest absolute Gasteiger partial charge is 0.434 e. The Bertz CT molecular complexity index is 1160. The van der Waals surface area contributed by atoms with Gasteiger partial charge < -0.3 is 14.5 Å². The highest BCUT2D eigenvalue weighted by atomic mass is 19.4. The molecule has 4 heterocycles. The molecule has 220 valence electrons. The Morgan fingerprint density at radius 2 is 1.60 bits per heavy atom. The zero-order chi connectivity index (χ0) is 28.7. The molecule has 1 aromatic heterocycles. The van der Waals surface area contributed by atoms with Crippen molar-refractivity contribution < 1.29 is 35.9 Å². The first kappa shape index (κ1) is 28.6. The molecule has 5 rings (SSSR count). The minimum absolute atomic E-state index is 0.0569. The summed E-state index contributed by atoms with van der Waals surface area (Å²) >= 11 is 0. The zero-order valence-corrected chi connectivity index (χ0v) is 22.2. The van der Waals surface area contributed by atoms with Crippen molar-refractivity contribution in [3.8, 4) is 11.3 Å². The van der Waals surface area contributed by atoms with Gasteiger partial charge in [0.2, 0.25) is 0 Å². The van der Waals surface area contributed by atoms with E-state index in [9.17, 15) is 31.1 Å². The minimum atomic E-state index is -5.73. The Morgan fingerprint density at radius 3 is 2.20 bits per heavy atom. The van der Waals surface area contributed by atoms with Gasteiger partial charge in [0.15, 0.2) is 0 Å². The first-order valence-corrected chi connectivity index (χ1v) is 13.7. The van der Waals surface area contributed by atoms with Gasteiger partial charge in [-0.05, 0) is 44.1 Å². The fourth-order valence-electron chi connectivity index (χ4n) is 6.16. The van der Waals surface area contributed by atoms with E-state index in [0.29, 0.717) is 26.2 Å². The number of hydrogen-bond acceptors (Lipinski definition) is 5. The number of para-hydroxylation sites is 1. The zero-order valence-electron chi connectivity index (χ0n) is 22.2. The summed E-state index contributed by atoms with van der Waals surface area (Å²) < 4.78 is 82.8. The summed E-state index contributed by atoms with van der Waals surface area (Å²) in [6.45, 7) is 6.59. The summed E-state index contributed by atoms with van der Waals surface area (Å²) in [5.41, 5.74) is 4.20. The molecule has 13 heteroatoms. The van der Waals surface area contributed by atoms with E-state index < -0.39 is 24.5 Å². The van der Waals surface area contributed by atoms with Gasteiger partial charge in [-0.3, -0.25) is 9.58 Å². The molecule has 0 N–H and O–H groups in total. The summed E-state index contributed by atoms with van der Waals surface area (Å²) in [6, 6.07) is 8.26. The van der Waals surface area contributed by atoms with Crippen molar-refractivity contribution in [2.24, 2.45) is 11.8 Å². The van der Waals surface area contributed by atoms with E-state index in [-0.39, 0.29) is 24.9 Å². The quantitative estimate of drug-likeness (QED) is 0.424. The molecule has 2 aromatic rings. The fourth-order valence-corrected chi connectivity index (χ4v) is 6.16. The predicted octanol–water partition coefficient (Wildman–Crippen LogP) is 5.55. The molecule has 40 heavy (non-hydrogen) atoms. The van der Waals surface area contributed by atoms with Crippen LogP contribution in [0.25, 0.3) is 11.3 Å². The highest BCUT2D eigenvalue weighted by Crippen LogP contribution is 2.39. The van der Waals surface area contributed by atoms with Crippen LogP contribution < -0.4 is 4.90 Å². The second-order valence-corrected chi connectivity index (χ2v) is 10.9. The lowest BCUT2D eigenvalue weighted by Crippen LogP contribution is -2.48. The number of halogens is 6. The SMILES string of the molecule is CCn1cc(CN2CC3CN(C(=O)OC(C(F)(F)F)C(F)(F)F)CC3C2)c(-c2ccccc2N2CCCCC2)n1. The lowest BCUT2D eigenvalue weighted by atomic mass is 10.0. The van der Waals surface area contributed by atoms with Crippen LogP contribution >= 0.6 is 0 Å². The number of carbonyl (C=O) groups excluding carboxylic acids is 1. The van der Waals surface area contributed by atoms with Crippen LogP contribution in [0.1, 0.15) is 31.7 Å². The van der Waals surface area contributed by atoms with Crippen molar-refractivity contribution in [1.82, 2.24) is 19.6 Å². The van der Waals surface area contributed by atoms with Gasteiger partial charge in [0.1, 0.15) is 0 Å². The summed E-state index contributed by atoms with van der Waals surface area (Å²) in [4.78, 5) is 17.8. The van der Waals surface area contributed by atoms with Gasteiger partial charge in [0.25, 0.3) is 6.10 Å². The molecule has 2 unspecified atom stereocenters. The molecular formula is C27H33F6N5O2. The standard InChI is InChI=1S/C27H33F6N5O2/c1-2-38-17-20(23(34-38)21-8-4-5-9-22(21)36-10-6-3-7-11-36)14-35-12-18-15-37(16-19(18)13-35)25(39)40-24(26(28,29)30)27(31,32)33/h4-5,8-9,17-19,24H,2-3,6-7,10-16H2,1H3. The third-order valence-electron chi connectivity index (χ3n) is 8.04. The maximum atomic E-state index is 12.8. The Hall–Kier alpha value is -2.96. The average Bonchev–Trinajstić information content (AvgIpc) is 3.60. The second-order valence-electron chi connectivity index (χ2n) is 10.9. The number of alkyl halides is 6. The Labute approximate surface area is 228 Å².